The van der Waals surface area contributed by atoms with Gasteiger partial charge in [0.05, 0.1) is 5.88 Å². The molecule has 5 heteroatoms. The van der Waals surface area contributed by atoms with Crippen LogP contribution in [0, 0.1) is 5.92 Å². The van der Waals surface area contributed by atoms with Crippen molar-refractivity contribution < 1.29 is 9.59 Å². The highest BCUT2D eigenvalue weighted by Crippen LogP contribution is 2.37. The van der Waals surface area contributed by atoms with Gasteiger partial charge in [-0.15, -0.1) is 11.8 Å². The molecule has 0 radical (unpaired) electrons. The Balaban J connectivity index is 1.34. The van der Waals surface area contributed by atoms with Crippen LogP contribution in [0.25, 0.3) is 11.1 Å². The first-order valence-corrected chi connectivity index (χ1v) is 10.7. The van der Waals surface area contributed by atoms with Gasteiger partial charge in [-0.05, 0) is 59.6 Å². The summed E-state index contributed by atoms with van der Waals surface area (Å²) in [6.45, 7) is 0.749. The molecule has 2 aromatic rings. The van der Waals surface area contributed by atoms with Crippen LogP contribution in [0.3, 0.4) is 0 Å². The van der Waals surface area contributed by atoms with E-state index in [1.54, 1.807) is 16.7 Å². The lowest BCUT2D eigenvalue weighted by Gasteiger charge is -2.23. The van der Waals surface area contributed by atoms with Gasteiger partial charge in [-0.25, -0.2) is 0 Å². The number of thioether (sulfide) groups is 1. The molecule has 1 heterocycles. The van der Waals surface area contributed by atoms with Crippen molar-refractivity contribution in [3.8, 4) is 11.1 Å². The van der Waals surface area contributed by atoms with Crippen LogP contribution in [-0.2, 0) is 11.2 Å². The Bertz CT molecular complexity index is 922. The van der Waals surface area contributed by atoms with E-state index in [2.05, 4.69) is 35.6 Å². The van der Waals surface area contributed by atoms with Gasteiger partial charge < -0.3 is 10.2 Å². The second kappa shape index (κ2) is 6.71. The van der Waals surface area contributed by atoms with Gasteiger partial charge in [-0.3, -0.25) is 9.59 Å². The SMILES string of the molecule is O=C(NCC1CC1)[C@H]1CSCN1C(=O)c1ccc2c(c1)Cc1ccccc1-2. The maximum atomic E-state index is 13.1. The topological polar surface area (TPSA) is 49.4 Å². The van der Waals surface area contributed by atoms with Gasteiger partial charge in [0.15, 0.2) is 0 Å². The van der Waals surface area contributed by atoms with Crippen LogP contribution < -0.4 is 5.32 Å². The van der Waals surface area contributed by atoms with Crippen LogP contribution in [0.5, 0.6) is 0 Å². The Labute approximate surface area is 163 Å². The molecule has 2 aromatic carbocycles. The summed E-state index contributed by atoms with van der Waals surface area (Å²) >= 11 is 1.65. The summed E-state index contributed by atoms with van der Waals surface area (Å²) in [4.78, 5) is 27.4. The van der Waals surface area contributed by atoms with E-state index in [1.807, 2.05) is 12.1 Å². The molecule has 3 aliphatic rings. The van der Waals surface area contributed by atoms with Crippen molar-refractivity contribution in [1.82, 2.24) is 10.2 Å². The van der Waals surface area contributed by atoms with Crippen molar-refractivity contribution in [2.75, 3.05) is 18.2 Å². The Kier molecular flexibility index (Phi) is 4.20. The zero-order valence-corrected chi connectivity index (χ0v) is 15.9. The first-order chi connectivity index (χ1) is 13.2. The van der Waals surface area contributed by atoms with Crippen molar-refractivity contribution in [1.29, 1.82) is 0 Å². The zero-order valence-electron chi connectivity index (χ0n) is 15.1. The van der Waals surface area contributed by atoms with E-state index in [9.17, 15) is 9.59 Å². The highest BCUT2D eigenvalue weighted by atomic mass is 32.2. The molecule has 1 aliphatic heterocycles. The number of fused-ring (bicyclic) bond motifs is 3. The Morgan fingerprint density at radius 3 is 2.74 bits per heavy atom. The minimum absolute atomic E-state index is 0.00573. The van der Waals surface area contributed by atoms with Gasteiger partial charge in [0, 0.05) is 17.9 Å². The third-order valence-corrected chi connectivity index (χ3v) is 6.76. The number of hydrogen-bond acceptors (Lipinski definition) is 3. The van der Waals surface area contributed by atoms with Crippen molar-refractivity contribution in [2.45, 2.75) is 25.3 Å². The fourth-order valence-corrected chi connectivity index (χ4v) is 5.14. The van der Waals surface area contributed by atoms with E-state index in [-0.39, 0.29) is 17.9 Å². The number of nitrogens with zero attached hydrogens (tertiary/aromatic N) is 1. The van der Waals surface area contributed by atoms with Gasteiger partial charge in [-0.1, -0.05) is 30.3 Å². The van der Waals surface area contributed by atoms with Gasteiger partial charge in [0.25, 0.3) is 5.91 Å². The summed E-state index contributed by atoms with van der Waals surface area (Å²) in [6, 6.07) is 14.0. The second-order valence-corrected chi connectivity index (χ2v) is 8.68. The molecule has 1 atom stereocenters. The minimum Gasteiger partial charge on any atom is -0.354 e. The van der Waals surface area contributed by atoms with Crippen LogP contribution >= 0.6 is 11.8 Å². The molecule has 27 heavy (non-hydrogen) atoms. The molecule has 1 saturated heterocycles. The Morgan fingerprint density at radius 2 is 1.89 bits per heavy atom. The second-order valence-electron chi connectivity index (χ2n) is 7.69. The third-order valence-electron chi connectivity index (χ3n) is 5.75. The summed E-state index contributed by atoms with van der Waals surface area (Å²) < 4.78 is 0. The molecule has 1 N–H and O–H groups in total. The molecule has 0 unspecified atom stereocenters. The average Bonchev–Trinajstić information content (AvgIpc) is 3.26. The van der Waals surface area contributed by atoms with Crippen LogP contribution in [-0.4, -0.2) is 40.9 Å². The maximum absolute atomic E-state index is 13.1. The van der Waals surface area contributed by atoms with E-state index in [0.717, 1.165) is 13.0 Å². The average molecular weight is 378 g/mol. The standard InChI is InChI=1S/C22H22N2O2S/c25-21(23-11-14-5-6-14)20-12-27-13-24(20)22(26)16-7-8-19-17(10-16)9-15-3-1-2-4-18(15)19/h1-4,7-8,10,14,20H,5-6,9,11-13H2,(H,23,25)/t20-/m1/s1. The lowest BCUT2D eigenvalue weighted by Crippen LogP contribution is -2.47. The summed E-state index contributed by atoms with van der Waals surface area (Å²) in [7, 11) is 0. The first-order valence-electron chi connectivity index (χ1n) is 9.58. The van der Waals surface area contributed by atoms with Crippen LogP contribution in [0.4, 0.5) is 0 Å². The zero-order chi connectivity index (χ0) is 18.4. The van der Waals surface area contributed by atoms with E-state index in [1.165, 1.54) is 35.1 Å². The number of carbonyl (C=O) groups excluding carboxylic acids is 2. The molecule has 138 valence electrons. The highest BCUT2D eigenvalue weighted by molar-refractivity contribution is 7.99. The van der Waals surface area contributed by atoms with E-state index in [0.29, 0.717) is 23.1 Å². The van der Waals surface area contributed by atoms with Crippen molar-refractivity contribution in [2.24, 2.45) is 5.92 Å². The molecule has 2 fully saturated rings. The lowest BCUT2D eigenvalue weighted by atomic mass is 10.0. The lowest BCUT2D eigenvalue weighted by molar-refractivity contribution is -0.124. The normalized spacial score (nSPS) is 20.3. The predicted molar refractivity (Wildman–Crippen MR) is 108 cm³/mol. The molecule has 1 saturated carbocycles. The van der Waals surface area contributed by atoms with Crippen LogP contribution in [0.15, 0.2) is 42.5 Å². The number of hydrogen-bond donors (Lipinski definition) is 1. The van der Waals surface area contributed by atoms with E-state index < -0.39 is 0 Å². The summed E-state index contributed by atoms with van der Waals surface area (Å²) in [5.41, 5.74) is 5.68. The van der Waals surface area contributed by atoms with Gasteiger partial charge in [-0.2, -0.15) is 0 Å². The van der Waals surface area contributed by atoms with E-state index in [4.69, 9.17) is 0 Å². The van der Waals surface area contributed by atoms with Crippen LogP contribution in [0.2, 0.25) is 0 Å². The molecule has 5 rings (SSSR count). The summed E-state index contributed by atoms with van der Waals surface area (Å²) in [6.07, 6.45) is 3.28. The van der Waals surface area contributed by atoms with Gasteiger partial charge in [0.2, 0.25) is 5.91 Å². The maximum Gasteiger partial charge on any atom is 0.255 e. The molecule has 4 nitrogen and oxygen atoms in total. The molecule has 0 aromatic heterocycles. The minimum atomic E-state index is -0.355. The van der Waals surface area contributed by atoms with Crippen molar-refractivity contribution in [3.63, 3.8) is 0 Å². The quantitative estimate of drug-likeness (QED) is 0.758. The molecular weight excluding hydrogens is 356 g/mol. The molecular formula is C22H22N2O2S. The van der Waals surface area contributed by atoms with Gasteiger partial charge in [0.1, 0.15) is 6.04 Å². The predicted octanol–water partition coefficient (Wildman–Crippen LogP) is 3.30. The van der Waals surface area contributed by atoms with Crippen molar-refractivity contribution in [3.05, 3.63) is 59.2 Å². The number of carbonyl (C=O) groups is 2. The molecule has 2 aliphatic carbocycles. The highest BCUT2D eigenvalue weighted by Gasteiger charge is 2.36. The summed E-state index contributed by atoms with van der Waals surface area (Å²) in [5.74, 6) is 1.86. The molecule has 0 bridgehead atoms. The Morgan fingerprint density at radius 1 is 1.07 bits per heavy atom. The third kappa shape index (κ3) is 3.14. The number of rotatable bonds is 4. The van der Waals surface area contributed by atoms with Crippen molar-refractivity contribution >= 4 is 23.6 Å². The summed E-state index contributed by atoms with van der Waals surface area (Å²) in [5, 5.41) is 3.03. The van der Waals surface area contributed by atoms with E-state index >= 15 is 0 Å². The molecule has 0 spiro atoms. The monoisotopic (exact) mass is 378 g/mol. The number of amides is 2. The fourth-order valence-electron chi connectivity index (χ4n) is 3.99. The largest absolute Gasteiger partial charge is 0.354 e. The smallest absolute Gasteiger partial charge is 0.255 e. The first kappa shape index (κ1) is 16.9. The van der Waals surface area contributed by atoms with Gasteiger partial charge >= 0.3 is 0 Å². The number of nitrogens with one attached hydrogen (secondary N) is 1. The number of benzene rings is 2. The fraction of sp³-hybridized carbons (Fsp3) is 0.364. The van der Waals surface area contributed by atoms with Crippen LogP contribution in [0.1, 0.15) is 34.3 Å². The molecule has 2 amide bonds. The Hall–Kier alpha value is -2.27.